The van der Waals surface area contributed by atoms with Gasteiger partial charge in [-0.3, -0.25) is 4.90 Å². The molecule has 9 heteroatoms. The maximum Gasteiger partial charge on any atom is 0.511 e. The van der Waals surface area contributed by atoms with E-state index in [0.717, 1.165) is 49.5 Å². The number of hydrogen-bond donors (Lipinski definition) is 1. The summed E-state index contributed by atoms with van der Waals surface area (Å²) in [6, 6.07) is 11.4. The second kappa shape index (κ2) is 9.22. The lowest BCUT2D eigenvalue weighted by molar-refractivity contribution is 0.144. The highest BCUT2D eigenvalue weighted by molar-refractivity contribution is 5.77. The molecule has 0 bridgehead atoms. The molecule has 1 aliphatic heterocycles. The van der Waals surface area contributed by atoms with Gasteiger partial charge in [0.2, 0.25) is 0 Å². The van der Waals surface area contributed by atoms with Gasteiger partial charge in [-0.1, -0.05) is 11.3 Å². The Morgan fingerprint density at radius 3 is 2.68 bits per heavy atom. The molecule has 1 aromatic heterocycles. The van der Waals surface area contributed by atoms with Crippen LogP contribution in [0.2, 0.25) is 0 Å². The maximum absolute atomic E-state index is 10.7. The number of rotatable bonds is 7. The first kappa shape index (κ1) is 20.9. The molecule has 9 nitrogen and oxygen atoms in total. The zero-order valence-corrected chi connectivity index (χ0v) is 17.7. The first-order valence-corrected chi connectivity index (χ1v) is 10.3. The van der Waals surface area contributed by atoms with Crippen molar-refractivity contribution < 1.29 is 24.1 Å². The summed E-state index contributed by atoms with van der Waals surface area (Å²) in [5.74, 6) is 1.77. The van der Waals surface area contributed by atoms with Crippen molar-refractivity contribution in [1.82, 2.24) is 19.9 Å². The molecule has 0 amide bonds. The maximum atomic E-state index is 10.7. The third kappa shape index (κ3) is 4.72. The number of ether oxygens (including phenoxy) is 3. The summed E-state index contributed by atoms with van der Waals surface area (Å²) >= 11 is 0. The van der Waals surface area contributed by atoms with Gasteiger partial charge in [0.05, 0.1) is 25.3 Å². The summed E-state index contributed by atoms with van der Waals surface area (Å²) in [4.78, 5) is 13.1. The van der Waals surface area contributed by atoms with Crippen LogP contribution in [-0.2, 0) is 6.54 Å². The minimum absolute atomic E-state index is 0.243. The Kier molecular flexibility index (Phi) is 6.22. The first-order chi connectivity index (χ1) is 15.1. The largest absolute Gasteiger partial charge is 0.511 e. The highest BCUT2D eigenvalue weighted by Gasteiger charge is 2.23. The van der Waals surface area contributed by atoms with E-state index in [1.165, 1.54) is 5.56 Å². The topological polar surface area (TPSA) is 98.9 Å². The van der Waals surface area contributed by atoms with Gasteiger partial charge in [0.1, 0.15) is 11.3 Å². The van der Waals surface area contributed by atoms with Crippen molar-refractivity contribution in [3.63, 3.8) is 0 Å². The monoisotopic (exact) mass is 426 g/mol. The lowest BCUT2D eigenvalue weighted by atomic mass is 10.0. The molecule has 0 aliphatic carbocycles. The number of likely N-dealkylation sites (tertiary alicyclic amines) is 1. The third-order valence-electron chi connectivity index (χ3n) is 5.48. The van der Waals surface area contributed by atoms with Gasteiger partial charge in [0.15, 0.2) is 11.5 Å². The quantitative estimate of drug-likeness (QED) is 0.451. The van der Waals surface area contributed by atoms with Crippen molar-refractivity contribution in [3.05, 3.63) is 42.0 Å². The second-order valence-electron chi connectivity index (χ2n) is 7.48. The number of benzene rings is 2. The van der Waals surface area contributed by atoms with Gasteiger partial charge in [-0.05, 0) is 49.6 Å². The van der Waals surface area contributed by atoms with E-state index in [4.69, 9.17) is 19.3 Å². The van der Waals surface area contributed by atoms with E-state index in [-0.39, 0.29) is 11.8 Å². The normalized spacial score (nSPS) is 15.2. The van der Waals surface area contributed by atoms with Crippen LogP contribution in [0.5, 0.6) is 17.2 Å². The molecular weight excluding hydrogens is 400 g/mol. The van der Waals surface area contributed by atoms with Gasteiger partial charge in [-0.25, -0.2) is 9.48 Å². The molecule has 1 aliphatic rings. The molecule has 2 heterocycles. The Labute approximate surface area is 180 Å². The van der Waals surface area contributed by atoms with Gasteiger partial charge in [-0.15, -0.1) is 5.10 Å². The molecule has 0 radical (unpaired) electrons. The minimum atomic E-state index is -1.34. The fourth-order valence-electron chi connectivity index (χ4n) is 4.02. The van der Waals surface area contributed by atoms with Gasteiger partial charge in [0, 0.05) is 25.7 Å². The van der Waals surface area contributed by atoms with E-state index in [1.54, 1.807) is 19.2 Å². The van der Waals surface area contributed by atoms with E-state index in [1.807, 2.05) is 23.7 Å². The smallest absolute Gasteiger partial charge is 0.493 e. The van der Waals surface area contributed by atoms with Gasteiger partial charge in [-0.2, -0.15) is 0 Å². The molecule has 4 rings (SSSR count). The predicted molar refractivity (Wildman–Crippen MR) is 114 cm³/mol. The van der Waals surface area contributed by atoms with Crippen LogP contribution >= 0.6 is 0 Å². The Morgan fingerprint density at radius 1 is 1.16 bits per heavy atom. The molecule has 1 saturated heterocycles. The summed E-state index contributed by atoms with van der Waals surface area (Å²) in [6.45, 7) is 5.31. The van der Waals surface area contributed by atoms with Gasteiger partial charge < -0.3 is 19.3 Å². The highest BCUT2D eigenvalue weighted by Crippen LogP contribution is 2.31. The van der Waals surface area contributed by atoms with Gasteiger partial charge in [0.25, 0.3) is 0 Å². The molecule has 31 heavy (non-hydrogen) atoms. The number of carbonyl (C=O) groups is 1. The lowest BCUT2D eigenvalue weighted by Gasteiger charge is -2.32. The van der Waals surface area contributed by atoms with Crippen molar-refractivity contribution >= 4 is 17.2 Å². The number of methoxy groups -OCH3 is 1. The molecular formula is C22H26N4O5. The Balaban J connectivity index is 1.40. The standard InChI is InChI=1S/C22H26N4O5/c1-3-30-21-12-15(4-7-20(21)29-2)14-25-10-8-16(9-11-25)26-19-6-5-17(31-22(27)28)13-18(19)23-24-26/h4-7,12-13,16H,3,8-11,14H2,1-2H3,(H,27,28). The summed E-state index contributed by atoms with van der Waals surface area (Å²) in [7, 11) is 1.65. The highest BCUT2D eigenvalue weighted by atomic mass is 16.7. The molecule has 164 valence electrons. The van der Waals surface area contributed by atoms with Crippen LogP contribution in [0.15, 0.2) is 36.4 Å². The molecule has 0 spiro atoms. The van der Waals surface area contributed by atoms with Crippen LogP contribution in [0, 0.1) is 0 Å². The molecule has 0 atom stereocenters. The van der Waals surface area contributed by atoms with Gasteiger partial charge >= 0.3 is 6.16 Å². The summed E-state index contributed by atoms with van der Waals surface area (Å²) in [5, 5.41) is 17.3. The Bertz CT molecular complexity index is 1060. The van der Waals surface area contributed by atoms with E-state index in [2.05, 4.69) is 27.3 Å². The van der Waals surface area contributed by atoms with Crippen molar-refractivity contribution in [2.24, 2.45) is 0 Å². The summed E-state index contributed by atoms with van der Waals surface area (Å²) in [5.41, 5.74) is 2.70. The molecule has 1 fully saturated rings. The molecule has 0 unspecified atom stereocenters. The van der Waals surface area contributed by atoms with Crippen LogP contribution in [0.1, 0.15) is 31.4 Å². The Hall–Kier alpha value is -3.33. The van der Waals surface area contributed by atoms with E-state index in [9.17, 15) is 4.79 Å². The average Bonchev–Trinajstić information content (AvgIpc) is 3.18. The van der Waals surface area contributed by atoms with Crippen LogP contribution in [0.4, 0.5) is 4.79 Å². The summed E-state index contributed by atoms with van der Waals surface area (Å²) in [6.07, 6.45) is 0.574. The zero-order valence-electron chi connectivity index (χ0n) is 17.7. The van der Waals surface area contributed by atoms with Crippen LogP contribution in [0.25, 0.3) is 11.0 Å². The number of piperidine rings is 1. The number of carboxylic acid groups (broad SMARTS) is 1. The van der Waals surface area contributed by atoms with Crippen molar-refractivity contribution in [2.45, 2.75) is 32.4 Å². The number of aromatic nitrogens is 3. The fraction of sp³-hybridized carbons (Fsp3) is 0.409. The average molecular weight is 426 g/mol. The fourth-order valence-corrected chi connectivity index (χ4v) is 4.02. The lowest BCUT2D eigenvalue weighted by Crippen LogP contribution is -2.34. The Morgan fingerprint density at radius 2 is 1.97 bits per heavy atom. The number of nitrogens with zero attached hydrogens (tertiary/aromatic N) is 4. The van der Waals surface area contributed by atoms with Crippen molar-refractivity contribution in [2.75, 3.05) is 26.8 Å². The SMILES string of the molecule is CCOc1cc(CN2CCC(n3nnc4cc(OC(=O)O)ccc43)CC2)ccc1OC. The van der Waals surface area contributed by atoms with Crippen molar-refractivity contribution in [3.8, 4) is 17.2 Å². The van der Waals surface area contributed by atoms with Crippen molar-refractivity contribution in [1.29, 1.82) is 0 Å². The second-order valence-corrected chi connectivity index (χ2v) is 7.48. The predicted octanol–water partition coefficient (Wildman–Crippen LogP) is 3.73. The third-order valence-corrected chi connectivity index (χ3v) is 5.48. The van der Waals surface area contributed by atoms with E-state index < -0.39 is 6.16 Å². The minimum Gasteiger partial charge on any atom is -0.493 e. The van der Waals surface area contributed by atoms with E-state index >= 15 is 0 Å². The summed E-state index contributed by atoms with van der Waals surface area (Å²) < 4.78 is 17.7. The number of hydrogen-bond acceptors (Lipinski definition) is 7. The molecule has 0 saturated carbocycles. The number of fused-ring (bicyclic) bond motifs is 1. The first-order valence-electron chi connectivity index (χ1n) is 10.3. The molecule has 3 aromatic rings. The molecule has 2 aromatic carbocycles. The molecule has 1 N–H and O–H groups in total. The van der Waals surface area contributed by atoms with Crippen LogP contribution in [0.3, 0.4) is 0 Å². The van der Waals surface area contributed by atoms with Crippen LogP contribution in [-0.4, -0.2) is 58.0 Å². The zero-order chi connectivity index (χ0) is 21.8. The van der Waals surface area contributed by atoms with Crippen LogP contribution < -0.4 is 14.2 Å². The van der Waals surface area contributed by atoms with E-state index in [0.29, 0.717) is 12.1 Å².